The van der Waals surface area contributed by atoms with Gasteiger partial charge in [0.25, 0.3) is 0 Å². The average Bonchev–Trinajstić information content (AvgIpc) is 3.68. The van der Waals surface area contributed by atoms with Crippen LogP contribution in [0.5, 0.6) is 0 Å². The van der Waals surface area contributed by atoms with Gasteiger partial charge in [0.1, 0.15) is 18.8 Å². The second-order valence-corrected chi connectivity index (χ2v) is 14.9. The number of hydrogen-bond acceptors (Lipinski definition) is 12. The molecule has 6 rings (SSSR count). The van der Waals surface area contributed by atoms with Gasteiger partial charge in [-0.05, 0) is 25.3 Å². The highest BCUT2D eigenvalue weighted by Gasteiger charge is 2.98. The molecule has 0 aromatic heterocycles. The van der Waals surface area contributed by atoms with E-state index in [2.05, 4.69) is 0 Å². The molecule has 4 saturated carbocycles. The molecule has 5 fully saturated rings. The fourth-order valence-electron chi connectivity index (χ4n) is 9.42. The molecule has 1 aliphatic heterocycles. The zero-order valence-corrected chi connectivity index (χ0v) is 28.4. The van der Waals surface area contributed by atoms with Crippen molar-refractivity contribution in [3.8, 4) is 0 Å². The van der Waals surface area contributed by atoms with Gasteiger partial charge in [0, 0.05) is 42.9 Å². The lowest BCUT2D eigenvalue weighted by Gasteiger charge is -2.79. The van der Waals surface area contributed by atoms with Crippen LogP contribution in [0.15, 0.2) is 11.6 Å². The Morgan fingerprint density at radius 2 is 1.59 bits per heavy atom. The molecular formula is C34H48O12. The summed E-state index contributed by atoms with van der Waals surface area (Å²) in [6, 6.07) is 0. The smallest absolute Gasteiger partial charge is 0.309 e. The van der Waals surface area contributed by atoms with E-state index in [4.69, 9.17) is 23.7 Å². The fraction of sp³-hybridized carbons (Fsp3) is 0.794. The van der Waals surface area contributed by atoms with Gasteiger partial charge in [0.15, 0.2) is 28.7 Å². The molecule has 12 atom stereocenters. The van der Waals surface area contributed by atoms with E-state index in [0.717, 1.165) is 6.92 Å². The Balaban J connectivity index is 1.79. The molecule has 1 heterocycles. The molecule has 46 heavy (non-hydrogen) atoms. The van der Waals surface area contributed by atoms with Crippen LogP contribution in [0.25, 0.3) is 0 Å². The number of Topliss-reactive ketones (excluding diaryl/α,β-unsaturated/α-hetero) is 1. The van der Waals surface area contributed by atoms with Gasteiger partial charge in [-0.25, -0.2) is 0 Å². The van der Waals surface area contributed by atoms with Crippen molar-refractivity contribution in [3.63, 3.8) is 0 Å². The Bertz CT molecular complexity index is 1400. The molecular weight excluding hydrogens is 600 g/mol. The third-order valence-corrected chi connectivity index (χ3v) is 12.5. The zero-order chi connectivity index (χ0) is 34.6. The van der Waals surface area contributed by atoms with Crippen molar-refractivity contribution in [2.24, 2.45) is 34.5 Å². The molecule has 0 aromatic carbocycles. The van der Waals surface area contributed by atoms with Crippen LogP contribution in [0.2, 0.25) is 0 Å². The third-order valence-electron chi connectivity index (χ3n) is 12.5. The lowest BCUT2D eigenvalue weighted by Crippen LogP contribution is -2.90. The van der Waals surface area contributed by atoms with Crippen molar-refractivity contribution in [1.82, 2.24) is 0 Å². The average molecular weight is 649 g/mol. The molecule has 0 radical (unpaired) electrons. The van der Waals surface area contributed by atoms with E-state index in [0.29, 0.717) is 12.8 Å². The van der Waals surface area contributed by atoms with Gasteiger partial charge in [0.05, 0.1) is 17.4 Å². The lowest BCUT2D eigenvalue weighted by atomic mass is 9.27. The first-order chi connectivity index (χ1) is 21.2. The van der Waals surface area contributed by atoms with Gasteiger partial charge in [-0.3, -0.25) is 24.0 Å². The largest absolute Gasteiger partial charge is 0.463 e. The predicted octanol–water partition coefficient (Wildman–Crippen LogP) is 2.59. The molecule has 2 N–H and O–H groups in total. The number of fused-ring (bicyclic) bond motifs is 3. The maximum absolute atomic E-state index is 14.0. The van der Waals surface area contributed by atoms with Crippen LogP contribution >= 0.6 is 0 Å². The number of ketones is 1. The Labute approximate surface area is 269 Å². The van der Waals surface area contributed by atoms with Crippen molar-refractivity contribution in [2.45, 2.75) is 129 Å². The minimum absolute atomic E-state index is 0.0681. The molecule has 2 bridgehead atoms. The molecule has 5 aliphatic carbocycles. The van der Waals surface area contributed by atoms with E-state index in [9.17, 15) is 34.2 Å². The minimum Gasteiger partial charge on any atom is -0.463 e. The quantitative estimate of drug-likeness (QED) is 0.213. The number of rotatable bonds is 9. The number of esters is 4. The summed E-state index contributed by atoms with van der Waals surface area (Å²) in [7, 11) is 0. The van der Waals surface area contributed by atoms with Crippen molar-refractivity contribution >= 4 is 29.7 Å². The van der Waals surface area contributed by atoms with Crippen LogP contribution in [-0.2, 0) is 47.7 Å². The summed E-state index contributed by atoms with van der Waals surface area (Å²) in [6.45, 7) is 15.7. The van der Waals surface area contributed by atoms with Crippen molar-refractivity contribution in [2.75, 3.05) is 6.61 Å². The van der Waals surface area contributed by atoms with E-state index < -0.39 is 111 Å². The minimum atomic E-state index is -2.54. The molecule has 0 amide bonds. The van der Waals surface area contributed by atoms with Crippen LogP contribution in [0, 0.1) is 34.5 Å². The summed E-state index contributed by atoms with van der Waals surface area (Å²) in [4.78, 5) is 65.7. The Hall–Kier alpha value is -2.83. The normalized spacial score (nSPS) is 44.0. The van der Waals surface area contributed by atoms with Crippen LogP contribution in [0.1, 0.15) is 88.5 Å². The number of carbonyl (C=O) groups excluding carboxylic acids is 5. The molecule has 1 saturated heterocycles. The Morgan fingerprint density at radius 1 is 1.00 bits per heavy atom. The van der Waals surface area contributed by atoms with Crippen LogP contribution in [0.3, 0.4) is 0 Å². The highest BCUT2D eigenvalue weighted by atomic mass is 16.7. The van der Waals surface area contributed by atoms with Gasteiger partial charge >= 0.3 is 23.9 Å². The Morgan fingerprint density at radius 3 is 2.11 bits per heavy atom. The van der Waals surface area contributed by atoms with Gasteiger partial charge < -0.3 is 33.9 Å². The maximum atomic E-state index is 14.0. The van der Waals surface area contributed by atoms with Gasteiger partial charge in [-0.2, -0.15) is 0 Å². The summed E-state index contributed by atoms with van der Waals surface area (Å²) in [5, 5.41) is 26.1. The number of carbonyl (C=O) groups is 5. The van der Waals surface area contributed by atoms with Crippen molar-refractivity contribution < 1.29 is 57.9 Å². The molecule has 6 aliphatic rings. The first-order valence-corrected chi connectivity index (χ1v) is 16.3. The van der Waals surface area contributed by atoms with Crippen LogP contribution in [0.4, 0.5) is 0 Å². The molecule has 12 heteroatoms. The second-order valence-electron chi connectivity index (χ2n) is 14.9. The monoisotopic (exact) mass is 648 g/mol. The third kappa shape index (κ3) is 3.92. The highest BCUT2D eigenvalue weighted by Crippen LogP contribution is 2.84. The summed E-state index contributed by atoms with van der Waals surface area (Å²) in [5.74, 6) is -6.69. The molecule has 0 aromatic rings. The standard InChI is InChI=1S/C34H48O12/c1-11-16(3)25(38)44-24-19(6)34(41)22-13-18(5)23(37)33(22,40)28(43-21(8)36)30(15-42-20(7)35)27(46-30)31(34)14-32(24,29(31,9)10)45-26(39)17(4)12-2/h13,16-17,19,22,24,27-28,40-41H,11-12,14-15H2,1-10H3. The van der Waals surface area contributed by atoms with Crippen molar-refractivity contribution in [3.05, 3.63) is 11.6 Å². The highest BCUT2D eigenvalue weighted by molar-refractivity contribution is 6.05. The summed E-state index contributed by atoms with van der Waals surface area (Å²) < 4.78 is 30.2. The maximum Gasteiger partial charge on any atom is 0.309 e. The Kier molecular flexibility index (Phi) is 7.94. The van der Waals surface area contributed by atoms with Gasteiger partial charge in [0.2, 0.25) is 0 Å². The van der Waals surface area contributed by atoms with E-state index in [1.807, 2.05) is 13.8 Å². The molecule has 256 valence electrons. The number of hydrogen-bond donors (Lipinski definition) is 2. The van der Waals surface area contributed by atoms with Gasteiger partial charge in [-0.15, -0.1) is 0 Å². The molecule has 12 nitrogen and oxygen atoms in total. The van der Waals surface area contributed by atoms with Crippen LogP contribution in [-0.4, -0.2) is 87.2 Å². The molecule has 1 spiro atoms. The number of aliphatic hydroxyl groups is 2. The number of epoxide rings is 1. The zero-order valence-electron chi connectivity index (χ0n) is 28.4. The summed E-state index contributed by atoms with van der Waals surface area (Å²) >= 11 is 0. The van der Waals surface area contributed by atoms with Crippen LogP contribution < -0.4 is 0 Å². The first kappa shape index (κ1) is 34.5. The van der Waals surface area contributed by atoms with E-state index in [-0.39, 0.29) is 12.0 Å². The first-order valence-electron chi connectivity index (χ1n) is 16.3. The topological polar surface area (TPSA) is 175 Å². The lowest BCUT2D eigenvalue weighted by molar-refractivity contribution is -0.418. The molecule has 12 unspecified atom stereocenters. The predicted molar refractivity (Wildman–Crippen MR) is 160 cm³/mol. The van der Waals surface area contributed by atoms with E-state index in [1.54, 1.807) is 34.6 Å². The summed E-state index contributed by atoms with van der Waals surface area (Å²) in [6.07, 6.45) is -1.51. The second kappa shape index (κ2) is 10.6. The summed E-state index contributed by atoms with van der Waals surface area (Å²) in [5.41, 5.74) is -10.2. The van der Waals surface area contributed by atoms with Crippen molar-refractivity contribution in [1.29, 1.82) is 0 Å². The van der Waals surface area contributed by atoms with E-state index >= 15 is 0 Å². The number of ether oxygens (including phenoxy) is 5. The SMILES string of the molecule is CCC(C)C(=O)OC1C(C)C2(O)C3C=C(C)C(=O)C3(O)C(OC(C)=O)C3(COC(C)=O)OC3C23CC1(OC(=O)C(C)CC)C3(C)C. The van der Waals surface area contributed by atoms with E-state index in [1.165, 1.54) is 19.9 Å². The fourth-order valence-corrected chi connectivity index (χ4v) is 9.42. The van der Waals surface area contributed by atoms with Gasteiger partial charge in [-0.1, -0.05) is 54.5 Å².